The first-order valence-electron chi connectivity index (χ1n) is 6.04. The Labute approximate surface area is 99.7 Å². The van der Waals surface area contributed by atoms with Crippen LogP contribution in [0.1, 0.15) is 19.3 Å². The Morgan fingerprint density at radius 2 is 2.06 bits per heavy atom. The highest BCUT2D eigenvalue weighted by Gasteiger charge is 2.37. The number of amidine groups is 1. The number of rotatable bonds is 2. The smallest absolute Gasteiger partial charge is 0.284 e. The van der Waals surface area contributed by atoms with Gasteiger partial charge in [0.1, 0.15) is 6.10 Å². The fourth-order valence-electron chi connectivity index (χ4n) is 2.30. The van der Waals surface area contributed by atoms with Gasteiger partial charge in [-0.05, 0) is 12.8 Å². The zero-order chi connectivity index (χ0) is 12.4. The van der Waals surface area contributed by atoms with Crippen LogP contribution in [-0.4, -0.2) is 59.2 Å². The van der Waals surface area contributed by atoms with Gasteiger partial charge >= 0.3 is 0 Å². The van der Waals surface area contributed by atoms with Gasteiger partial charge in [-0.1, -0.05) is 0 Å². The Morgan fingerprint density at radius 1 is 1.35 bits per heavy atom. The summed E-state index contributed by atoms with van der Waals surface area (Å²) in [4.78, 5) is 1.79. The normalized spacial score (nSPS) is 37.5. The lowest BCUT2D eigenvalue weighted by molar-refractivity contribution is -0.0880. The molecule has 5 nitrogen and oxygen atoms in total. The van der Waals surface area contributed by atoms with Crippen molar-refractivity contribution in [3.05, 3.63) is 0 Å². The molecule has 2 unspecified atom stereocenters. The second kappa shape index (κ2) is 5.18. The third-order valence-corrected chi connectivity index (χ3v) is 3.57. The van der Waals surface area contributed by atoms with Crippen LogP contribution in [0.25, 0.3) is 0 Å². The van der Waals surface area contributed by atoms with Gasteiger partial charge in [-0.15, -0.1) is 0 Å². The molecule has 2 aliphatic rings. The Bertz CT molecular complexity index is 286. The number of aliphatic hydroxyl groups excluding tert-OH is 2. The van der Waals surface area contributed by atoms with Gasteiger partial charge in [0.15, 0.2) is 0 Å². The van der Waals surface area contributed by atoms with Crippen molar-refractivity contribution in [2.24, 2.45) is 5.92 Å². The van der Waals surface area contributed by atoms with E-state index in [0.717, 1.165) is 19.5 Å². The molecule has 2 fully saturated rings. The second-order valence-corrected chi connectivity index (χ2v) is 4.83. The van der Waals surface area contributed by atoms with Crippen molar-refractivity contribution < 1.29 is 19.3 Å². The molecule has 3 N–H and O–H groups in total. The molecule has 0 amide bonds. The lowest BCUT2D eigenvalue weighted by Gasteiger charge is -2.38. The third kappa shape index (κ3) is 2.69. The molecule has 1 aliphatic carbocycles. The first-order chi connectivity index (χ1) is 8.11. The van der Waals surface area contributed by atoms with Crippen LogP contribution in [0, 0.1) is 11.3 Å². The van der Waals surface area contributed by atoms with Crippen molar-refractivity contribution in [1.82, 2.24) is 4.90 Å². The van der Waals surface area contributed by atoms with Gasteiger partial charge in [0, 0.05) is 25.4 Å². The molecule has 0 aromatic heterocycles. The first-order valence-corrected chi connectivity index (χ1v) is 6.04. The molecular formula is C11H19FN2O3. The summed E-state index contributed by atoms with van der Waals surface area (Å²) in [5.41, 5.74) is 0. The van der Waals surface area contributed by atoms with Gasteiger partial charge in [-0.25, -0.2) is 0 Å². The molecule has 4 atom stereocenters. The number of hydrogen-bond acceptors (Lipinski definition) is 4. The number of nitrogens with one attached hydrogen (secondary N) is 1. The summed E-state index contributed by atoms with van der Waals surface area (Å²) in [6, 6.07) is 0.0995. The largest absolute Gasteiger partial charge is 0.462 e. The standard InChI is InChI=1S/C11H19FN2O3/c12-6-7-4-8(5-9(15)10(7)16)17-11(13)14-2-1-3-14/h7-10,13,15-16H,1-6H2/t7?,8-,9?,10+/m0/s1. The monoisotopic (exact) mass is 246 g/mol. The molecule has 0 spiro atoms. The Morgan fingerprint density at radius 3 is 2.59 bits per heavy atom. The fraction of sp³-hybridized carbons (Fsp3) is 0.909. The topological polar surface area (TPSA) is 76.8 Å². The minimum atomic E-state index is -1.02. The molecule has 1 saturated heterocycles. The zero-order valence-corrected chi connectivity index (χ0v) is 9.68. The summed E-state index contributed by atoms with van der Waals surface area (Å²) in [7, 11) is 0. The Balaban J connectivity index is 1.86. The predicted octanol–water partition coefficient (Wildman–Crippen LogP) is 0.113. The molecule has 0 bridgehead atoms. The highest BCUT2D eigenvalue weighted by atomic mass is 19.1. The minimum absolute atomic E-state index is 0.0995. The highest BCUT2D eigenvalue weighted by molar-refractivity contribution is 5.71. The summed E-state index contributed by atoms with van der Waals surface area (Å²) in [6.07, 6.45) is -0.678. The van der Waals surface area contributed by atoms with Gasteiger partial charge < -0.3 is 19.8 Å². The summed E-state index contributed by atoms with van der Waals surface area (Å²) >= 11 is 0. The average molecular weight is 246 g/mol. The van der Waals surface area contributed by atoms with Crippen LogP contribution < -0.4 is 0 Å². The first kappa shape index (κ1) is 12.6. The molecular weight excluding hydrogens is 227 g/mol. The van der Waals surface area contributed by atoms with Gasteiger partial charge in [-0.2, -0.15) is 0 Å². The van der Waals surface area contributed by atoms with E-state index in [4.69, 9.17) is 10.1 Å². The van der Waals surface area contributed by atoms with Gasteiger partial charge in [0.25, 0.3) is 6.02 Å². The lowest BCUT2D eigenvalue weighted by Crippen LogP contribution is -2.48. The van der Waals surface area contributed by atoms with E-state index in [1.54, 1.807) is 4.90 Å². The third-order valence-electron chi connectivity index (χ3n) is 3.57. The quantitative estimate of drug-likeness (QED) is 0.477. The zero-order valence-electron chi connectivity index (χ0n) is 9.68. The number of ether oxygens (including phenoxy) is 1. The number of halogens is 1. The minimum Gasteiger partial charge on any atom is -0.462 e. The SMILES string of the molecule is N=C(O[C@@H]1CC(O)[C@H](O)C(CF)C1)N1CCC1. The molecule has 1 heterocycles. The lowest BCUT2D eigenvalue weighted by atomic mass is 9.83. The molecule has 1 aliphatic heterocycles. The van der Waals surface area contributed by atoms with Crippen LogP contribution in [0.3, 0.4) is 0 Å². The van der Waals surface area contributed by atoms with Gasteiger partial charge in [0.05, 0.1) is 18.9 Å². The maximum absolute atomic E-state index is 12.7. The summed E-state index contributed by atoms with van der Waals surface area (Å²) < 4.78 is 18.1. The second-order valence-electron chi connectivity index (χ2n) is 4.83. The van der Waals surface area contributed by atoms with E-state index in [1.807, 2.05) is 0 Å². The van der Waals surface area contributed by atoms with Crippen molar-refractivity contribution in [3.63, 3.8) is 0 Å². The number of hydrogen-bond donors (Lipinski definition) is 3. The van der Waals surface area contributed by atoms with Crippen LogP contribution in [0.2, 0.25) is 0 Å². The predicted molar refractivity (Wildman–Crippen MR) is 59.5 cm³/mol. The van der Waals surface area contributed by atoms with Crippen LogP contribution in [0.4, 0.5) is 4.39 Å². The summed E-state index contributed by atoms with van der Waals surface area (Å²) in [5.74, 6) is -0.590. The maximum Gasteiger partial charge on any atom is 0.284 e. The molecule has 2 rings (SSSR count). The van der Waals surface area contributed by atoms with E-state index in [1.165, 1.54) is 0 Å². The van der Waals surface area contributed by atoms with Crippen LogP contribution >= 0.6 is 0 Å². The Hall–Kier alpha value is -0.880. The molecule has 98 valence electrons. The van der Waals surface area contributed by atoms with Crippen molar-refractivity contribution in [3.8, 4) is 0 Å². The highest BCUT2D eigenvalue weighted by Crippen LogP contribution is 2.28. The molecule has 0 aromatic carbocycles. The van der Waals surface area contributed by atoms with E-state index in [2.05, 4.69) is 0 Å². The van der Waals surface area contributed by atoms with Crippen molar-refractivity contribution >= 4 is 6.02 Å². The van der Waals surface area contributed by atoms with Crippen LogP contribution in [-0.2, 0) is 4.74 Å². The molecule has 0 aromatic rings. The van der Waals surface area contributed by atoms with Crippen molar-refractivity contribution in [2.45, 2.75) is 37.6 Å². The molecule has 0 radical (unpaired) electrons. The summed E-state index contributed by atoms with van der Waals surface area (Å²) in [5, 5.41) is 26.8. The van der Waals surface area contributed by atoms with E-state index < -0.39 is 24.8 Å². The van der Waals surface area contributed by atoms with Gasteiger partial charge in [0.2, 0.25) is 0 Å². The van der Waals surface area contributed by atoms with Crippen LogP contribution in [0.15, 0.2) is 0 Å². The molecule has 1 saturated carbocycles. The number of likely N-dealkylation sites (tertiary alicyclic amines) is 1. The van der Waals surface area contributed by atoms with Crippen molar-refractivity contribution in [1.29, 1.82) is 5.41 Å². The molecule has 6 heteroatoms. The molecule has 17 heavy (non-hydrogen) atoms. The Kier molecular flexibility index (Phi) is 3.83. The average Bonchev–Trinajstić information content (AvgIpc) is 2.20. The van der Waals surface area contributed by atoms with Gasteiger partial charge in [-0.3, -0.25) is 9.80 Å². The van der Waals surface area contributed by atoms with Crippen molar-refractivity contribution in [2.75, 3.05) is 19.8 Å². The van der Waals surface area contributed by atoms with E-state index in [-0.39, 0.29) is 18.5 Å². The summed E-state index contributed by atoms with van der Waals surface area (Å²) in [6.45, 7) is 0.974. The van der Waals surface area contributed by atoms with E-state index in [9.17, 15) is 14.6 Å². The maximum atomic E-state index is 12.7. The number of nitrogens with zero attached hydrogens (tertiary/aromatic N) is 1. The van der Waals surface area contributed by atoms with E-state index in [0.29, 0.717) is 6.42 Å². The fourth-order valence-corrected chi connectivity index (χ4v) is 2.30. The van der Waals surface area contributed by atoms with E-state index >= 15 is 0 Å². The number of aliphatic hydroxyl groups is 2. The van der Waals surface area contributed by atoms with Crippen LogP contribution in [0.5, 0.6) is 0 Å². The number of alkyl halides is 1.